The fraction of sp³-hybridized carbons (Fsp3) is 0.273. The topological polar surface area (TPSA) is 98.0 Å². The number of H-pyrrole nitrogens is 2. The summed E-state index contributed by atoms with van der Waals surface area (Å²) in [7, 11) is 0. The average molecular weight is 435 g/mol. The van der Waals surface area contributed by atoms with Crippen LogP contribution in [0.4, 0.5) is 0 Å². The highest BCUT2D eigenvalue weighted by Crippen LogP contribution is 2.33. The lowest BCUT2D eigenvalue weighted by Gasteiger charge is -2.21. The first kappa shape index (κ1) is 18.4. The minimum Gasteiger partial charge on any atom is -0.350 e. The second kappa shape index (κ2) is 6.81. The van der Waals surface area contributed by atoms with Crippen molar-refractivity contribution in [1.29, 1.82) is 0 Å². The largest absolute Gasteiger partial charge is 0.350 e. The molecule has 2 N–H and O–H groups in total. The van der Waals surface area contributed by atoms with Gasteiger partial charge in [0.25, 0.3) is 11.8 Å². The van der Waals surface area contributed by atoms with Gasteiger partial charge in [-0.05, 0) is 36.4 Å². The molecule has 2 aromatic carbocycles. The number of nitrogens with one attached hydrogen (secondary N) is 2. The molecule has 2 aromatic heterocycles. The van der Waals surface area contributed by atoms with E-state index in [0.717, 1.165) is 16.4 Å². The zero-order valence-electron chi connectivity index (χ0n) is 16.5. The van der Waals surface area contributed by atoms with E-state index in [2.05, 4.69) is 20.4 Å². The highest BCUT2D eigenvalue weighted by molar-refractivity contribution is 6.31. The molecule has 0 radical (unpaired) electrons. The normalized spacial score (nSPS) is 20.7. The summed E-state index contributed by atoms with van der Waals surface area (Å²) in [6.45, 7) is 2.64. The van der Waals surface area contributed by atoms with Gasteiger partial charge in [0.1, 0.15) is 11.2 Å². The molecule has 0 saturated carbocycles. The Kier molecular flexibility index (Phi) is 4.04. The Balaban J connectivity index is 1.15. The molecular weight excluding hydrogens is 416 g/mol. The number of halogens is 1. The van der Waals surface area contributed by atoms with E-state index in [9.17, 15) is 9.59 Å². The summed E-state index contributed by atoms with van der Waals surface area (Å²) in [6, 6.07) is 12.8. The fourth-order valence-electron chi connectivity index (χ4n) is 4.87. The number of hydrogen-bond donors (Lipinski definition) is 2. The van der Waals surface area contributed by atoms with Crippen LogP contribution in [0.15, 0.2) is 42.5 Å². The van der Waals surface area contributed by atoms with Crippen LogP contribution in [0.25, 0.3) is 21.9 Å². The molecule has 31 heavy (non-hydrogen) atoms. The Morgan fingerprint density at radius 1 is 0.903 bits per heavy atom. The van der Waals surface area contributed by atoms with Crippen LogP contribution in [-0.2, 0) is 0 Å². The van der Waals surface area contributed by atoms with Gasteiger partial charge in [0.15, 0.2) is 0 Å². The molecule has 2 aliphatic heterocycles. The highest BCUT2D eigenvalue weighted by Gasteiger charge is 2.43. The van der Waals surface area contributed by atoms with Crippen molar-refractivity contribution in [3.05, 3.63) is 58.7 Å². The Bertz CT molecular complexity index is 1330. The Labute approximate surface area is 182 Å². The van der Waals surface area contributed by atoms with Crippen molar-refractivity contribution in [2.24, 2.45) is 11.8 Å². The van der Waals surface area contributed by atoms with E-state index in [0.29, 0.717) is 59.8 Å². The van der Waals surface area contributed by atoms with Crippen LogP contribution in [0.1, 0.15) is 20.8 Å². The van der Waals surface area contributed by atoms with Crippen molar-refractivity contribution in [2.45, 2.75) is 0 Å². The van der Waals surface area contributed by atoms with Crippen LogP contribution in [0, 0.1) is 11.8 Å². The van der Waals surface area contributed by atoms with Gasteiger partial charge in [-0.25, -0.2) is 0 Å². The zero-order chi connectivity index (χ0) is 21.1. The summed E-state index contributed by atoms with van der Waals surface area (Å²) in [5.41, 5.74) is 3.54. The molecule has 2 amide bonds. The Hall–Kier alpha value is -3.39. The first-order valence-corrected chi connectivity index (χ1v) is 10.6. The summed E-state index contributed by atoms with van der Waals surface area (Å²) in [5.74, 6) is 0.589. The van der Waals surface area contributed by atoms with Gasteiger partial charge in [-0.1, -0.05) is 22.9 Å². The predicted molar refractivity (Wildman–Crippen MR) is 116 cm³/mol. The number of amides is 2. The number of nitrogens with zero attached hydrogens (tertiary/aromatic N) is 4. The molecule has 6 rings (SSSR count). The van der Waals surface area contributed by atoms with Gasteiger partial charge < -0.3 is 14.8 Å². The number of benzene rings is 2. The van der Waals surface area contributed by atoms with Crippen molar-refractivity contribution in [3.63, 3.8) is 0 Å². The monoisotopic (exact) mass is 434 g/mol. The molecular formula is C22H19ClN6O2. The molecule has 156 valence electrons. The van der Waals surface area contributed by atoms with Crippen molar-refractivity contribution in [1.82, 2.24) is 30.2 Å². The zero-order valence-corrected chi connectivity index (χ0v) is 17.3. The van der Waals surface area contributed by atoms with Crippen LogP contribution in [-0.4, -0.2) is 68.2 Å². The lowest BCUT2D eigenvalue weighted by atomic mass is 10.0. The minimum atomic E-state index is -0.00363. The third kappa shape index (κ3) is 3.06. The molecule has 2 atom stereocenters. The summed E-state index contributed by atoms with van der Waals surface area (Å²) < 4.78 is 0. The van der Waals surface area contributed by atoms with Crippen molar-refractivity contribution in [3.8, 4) is 0 Å². The summed E-state index contributed by atoms with van der Waals surface area (Å²) in [5, 5.41) is 12.2. The molecule has 0 aliphatic carbocycles. The third-order valence-electron chi connectivity index (χ3n) is 6.45. The molecule has 2 fully saturated rings. The van der Waals surface area contributed by atoms with Crippen molar-refractivity contribution in [2.75, 3.05) is 26.2 Å². The quantitative estimate of drug-likeness (QED) is 0.506. The number of rotatable bonds is 2. The van der Waals surface area contributed by atoms with Gasteiger partial charge in [-0.3, -0.25) is 14.7 Å². The summed E-state index contributed by atoms with van der Waals surface area (Å²) in [6.07, 6.45) is 0. The van der Waals surface area contributed by atoms with E-state index < -0.39 is 0 Å². The fourth-order valence-corrected chi connectivity index (χ4v) is 5.04. The van der Waals surface area contributed by atoms with Crippen molar-refractivity contribution >= 4 is 45.4 Å². The van der Waals surface area contributed by atoms with Gasteiger partial charge in [-0.15, -0.1) is 5.10 Å². The molecule has 9 heteroatoms. The number of aromatic nitrogens is 4. The van der Waals surface area contributed by atoms with Crippen LogP contribution >= 0.6 is 11.6 Å². The van der Waals surface area contributed by atoms with Gasteiger partial charge in [-0.2, -0.15) is 0 Å². The molecule has 0 bridgehead atoms. The highest BCUT2D eigenvalue weighted by atomic mass is 35.5. The van der Waals surface area contributed by atoms with E-state index in [1.54, 1.807) is 12.1 Å². The van der Waals surface area contributed by atoms with E-state index >= 15 is 0 Å². The number of hydrogen-bond acceptors (Lipinski definition) is 4. The summed E-state index contributed by atoms with van der Waals surface area (Å²) >= 11 is 6.05. The minimum absolute atomic E-state index is 0.00363. The predicted octanol–water partition coefficient (Wildman–Crippen LogP) is 2.94. The van der Waals surface area contributed by atoms with E-state index in [-0.39, 0.29) is 11.8 Å². The molecule has 2 aliphatic rings. The SMILES string of the molecule is O=C(c1ccc2[nH]nnc2c1)N1C[C@@H]2CN(C(=O)c3cc4ccc(Cl)cc4[nH]3)C[C@@H]2C1. The van der Waals surface area contributed by atoms with Crippen molar-refractivity contribution < 1.29 is 9.59 Å². The second-order valence-electron chi connectivity index (χ2n) is 8.40. The number of carbonyl (C=O) groups is 2. The lowest BCUT2D eigenvalue weighted by Crippen LogP contribution is -2.35. The number of aromatic amines is 2. The third-order valence-corrected chi connectivity index (χ3v) is 6.68. The molecule has 2 saturated heterocycles. The Morgan fingerprint density at radius 3 is 2.42 bits per heavy atom. The second-order valence-corrected chi connectivity index (χ2v) is 8.84. The first-order valence-electron chi connectivity index (χ1n) is 10.2. The molecule has 0 unspecified atom stereocenters. The maximum absolute atomic E-state index is 13.0. The van der Waals surface area contributed by atoms with Gasteiger partial charge in [0, 0.05) is 59.5 Å². The maximum Gasteiger partial charge on any atom is 0.270 e. The first-order chi connectivity index (χ1) is 15.0. The standard InChI is InChI=1S/C22H19ClN6O2/c23-16-3-1-12-5-20(24-18(12)7-16)22(31)29-10-14-8-28(9-15(14)11-29)21(30)13-2-4-17-19(6-13)26-27-25-17/h1-7,14-15,24H,8-11H2,(H,25,26,27)/t14-,15+. The van der Waals surface area contributed by atoms with E-state index in [1.165, 1.54) is 0 Å². The van der Waals surface area contributed by atoms with Crippen LogP contribution in [0.5, 0.6) is 0 Å². The molecule has 8 nitrogen and oxygen atoms in total. The smallest absolute Gasteiger partial charge is 0.270 e. The van der Waals surface area contributed by atoms with Crippen LogP contribution < -0.4 is 0 Å². The number of carbonyl (C=O) groups excluding carboxylic acids is 2. The number of likely N-dealkylation sites (tertiary alicyclic amines) is 2. The molecule has 4 heterocycles. The van der Waals surface area contributed by atoms with Gasteiger partial charge in [0.05, 0.1) is 5.52 Å². The Morgan fingerprint density at radius 2 is 1.65 bits per heavy atom. The molecule has 4 aromatic rings. The molecule has 0 spiro atoms. The van der Waals surface area contributed by atoms with Crippen LogP contribution in [0.3, 0.4) is 0 Å². The number of fused-ring (bicyclic) bond motifs is 3. The summed E-state index contributed by atoms with van der Waals surface area (Å²) in [4.78, 5) is 33.0. The van der Waals surface area contributed by atoms with Crippen LogP contribution in [0.2, 0.25) is 5.02 Å². The van der Waals surface area contributed by atoms with Gasteiger partial charge in [0.2, 0.25) is 0 Å². The van der Waals surface area contributed by atoms with E-state index in [1.807, 2.05) is 40.1 Å². The maximum atomic E-state index is 13.0. The van der Waals surface area contributed by atoms with E-state index in [4.69, 9.17) is 11.6 Å². The lowest BCUT2D eigenvalue weighted by molar-refractivity contribution is 0.0736. The average Bonchev–Trinajstić information content (AvgIpc) is 3.53. The van der Waals surface area contributed by atoms with Gasteiger partial charge >= 0.3 is 0 Å².